The highest BCUT2D eigenvalue weighted by molar-refractivity contribution is 7.94. The average molecular weight is 461 g/mol. The summed E-state index contributed by atoms with van der Waals surface area (Å²) >= 11 is 1.01. The van der Waals surface area contributed by atoms with E-state index in [1.54, 1.807) is 11.4 Å². The highest BCUT2D eigenvalue weighted by Crippen LogP contribution is 2.23. The van der Waals surface area contributed by atoms with E-state index in [9.17, 15) is 28.1 Å². The predicted octanol–water partition coefficient (Wildman–Crippen LogP) is 2.11. The zero-order valence-corrected chi connectivity index (χ0v) is 17.2. The number of nitro benzene ring substituents is 1. The molecule has 0 unspecified atom stereocenters. The van der Waals surface area contributed by atoms with Crippen molar-refractivity contribution >= 4 is 50.2 Å². The Morgan fingerprint density at radius 1 is 1.00 bits per heavy atom. The summed E-state index contributed by atoms with van der Waals surface area (Å²) in [6, 6.07) is 12.2. The van der Waals surface area contributed by atoms with Crippen molar-refractivity contribution in [2.45, 2.75) is 4.21 Å². The van der Waals surface area contributed by atoms with Gasteiger partial charge in [-0.05, 0) is 35.7 Å². The Balaban J connectivity index is 1.74. The minimum absolute atomic E-state index is 0.00534. The molecule has 2 amide bonds. The minimum Gasteiger partial charge on any atom is -0.393 e. The lowest BCUT2D eigenvalue weighted by atomic mass is 10.1. The van der Waals surface area contributed by atoms with Crippen molar-refractivity contribution in [1.82, 2.24) is 10.9 Å². The molecule has 0 aliphatic rings. The molecule has 0 saturated heterocycles. The molecule has 3 aromatic rings. The van der Waals surface area contributed by atoms with E-state index in [2.05, 4.69) is 15.6 Å². The number of carbonyl (C=O) groups excluding carboxylic acids is 2. The van der Waals surface area contributed by atoms with E-state index in [0.29, 0.717) is 0 Å². The lowest BCUT2D eigenvalue weighted by molar-refractivity contribution is -0.383. The van der Waals surface area contributed by atoms with Crippen molar-refractivity contribution in [3.63, 3.8) is 0 Å². The van der Waals surface area contributed by atoms with Crippen LogP contribution in [-0.4, -0.2) is 25.2 Å². The number of rotatable bonds is 6. The number of benzene rings is 2. The van der Waals surface area contributed by atoms with Crippen LogP contribution in [0.1, 0.15) is 20.7 Å². The molecule has 0 aliphatic heterocycles. The third-order valence-corrected chi connectivity index (χ3v) is 6.72. The van der Waals surface area contributed by atoms with Gasteiger partial charge in [0.15, 0.2) is 0 Å². The molecule has 0 radical (unpaired) electrons. The number of nitrogen functional groups attached to an aromatic ring is 1. The Kier molecular flexibility index (Phi) is 6.17. The number of nitrogens with one attached hydrogen (secondary N) is 3. The van der Waals surface area contributed by atoms with Crippen LogP contribution in [-0.2, 0) is 10.0 Å². The smallest absolute Gasteiger partial charge is 0.292 e. The van der Waals surface area contributed by atoms with Gasteiger partial charge in [0.25, 0.3) is 27.5 Å². The summed E-state index contributed by atoms with van der Waals surface area (Å²) in [4.78, 5) is 35.0. The second-order valence-electron chi connectivity index (χ2n) is 6.02. The number of nitrogens with zero attached hydrogens (tertiary/aromatic N) is 1. The van der Waals surface area contributed by atoms with Gasteiger partial charge in [-0.1, -0.05) is 18.2 Å². The molecule has 160 valence electrons. The Hall–Kier alpha value is -3.97. The number of carbonyl (C=O) groups is 2. The average Bonchev–Trinajstić information content (AvgIpc) is 3.28. The molecule has 3 rings (SSSR count). The lowest BCUT2D eigenvalue weighted by Gasteiger charge is -2.12. The maximum atomic E-state index is 12.5. The van der Waals surface area contributed by atoms with E-state index in [1.807, 2.05) is 0 Å². The highest BCUT2D eigenvalue weighted by atomic mass is 32.2. The van der Waals surface area contributed by atoms with Crippen LogP contribution in [0.25, 0.3) is 0 Å². The number of hydrogen-bond acceptors (Lipinski definition) is 8. The van der Waals surface area contributed by atoms with Gasteiger partial charge in [0.2, 0.25) is 0 Å². The first-order chi connectivity index (χ1) is 14.7. The minimum atomic E-state index is -3.89. The van der Waals surface area contributed by atoms with Gasteiger partial charge in [0, 0.05) is 11.6 Å². The number of sulfonamides is 1. The van der Waals surface area contributed by atoms with Gasteiger partial charge in [0.1, 0.15) is 9.90 Å². The van der Waals surface area contributed by atoms with Crippen LogP contribution in [0.2, 0.25) is 0 Å². The normalized spacial score (nSPS) is 10.8. The molecule has 0 fully saturated rings. The predicted molar refractivity (Wildman–Crippen MR) is 114 cm³/mol. The van der Waals surface area contributed by atoms with E-state index < -0.39 is 32.4 Å². The molecular formula is C18H15N5O6S2. The second-order valence-corrected chi connectivity index (χ2v) is 8.88. The van der Waals surface area contributed by atoms with E-state index >= 15 is 0 Å². The zero-order chi connectivity index (χ0) is 22.6. The number of hydrazine groups is 1. The molecule has 5 N–H and O–H groups in total. The molecule has 0 atom stereocenters. The van der Waals surface area contributed by atoms with Crippen LogP contribution >= 0.6 is 11.3 Å². The second kappa shape index (κ2) is 8.81. The Morgan fingerprint density at radius 3 is 2.39 bits per heavy atom. The topological polar surface area (TPSA) is 174 Å². The number of hydrogen-bond donors (Lipinski definition) is 4. The molecule has 1 aromatic heterocycles. The number of nitrogens with two attached hydrogens (primary N) is 1. The van der Waals surface area contributed by atoms with Crippen LogP contribution in [0.4, 0.5) is 17.1 Å². The van der Waals surface area contributed by atoms with Gasteiger partial charge in [0.05, 0.1) is 16.2 Å². The number of anilines is 2. The number of amides is 2. The largest absolute Gasteiger partial charge is 0.393 e. The van der Waals surface area contributed by atoms with Gasteiger partial charge < -0.3 is 5.73 Å². The maximum Gasteiger partial charge on any atom is 0.292 e. The third-order valence-electron chi connectivity index (χ3n) is 3.95. The fraction of sp³-hybridized carbons (Fsp3) is 0. The van der Waals surface area contributed by atoms with Crippen molar-refractivity contribution in [3.8, 4) is 0 Å². The quantitative estimate of drug-likeness (QED) is 0.247. The van der Waals surface area contributed by atoms with Gasteiger partial charge in [-0.25, -0.2) is 8.42 Å². The van der Waals surface area contributed by atoms with Crippen LogP contribution < -0.4 is 21.3 Å². The summed E-state index contributed by atoms with van der Waals surface area (Å²) in [5.74, 6) is -1.63. The number of thiophene rings is 1. The van der Waals surface area contributed by atoms with E-state index in [-0.39, 0.29) is 26.7 Å². The number of nitro groups is 1. The van der Waals surface area contributed by atoms with E-state index in [4.69, 9.17) is 5.73 Å². The zero-order valence-electron chi connectivity index (χ0n) is 15.6. The Labute approximate surface area is 180 Å². The summed E-state index contributed by atoms with van der Waals surface area (Å²) in [6.07, 6.45) is 0. The van der Waals surface area contributed by atoms with Gasteiger partial charge in [-0.3, -0.25) is 35.3 Å². The van der Waals surface area contributed by atoms with E-state index in [0.717, 1.165) is 17.4 Å². The standard InChI is InChI=1S/C18H15N5O6S2/c19-13-8-7-11(10-15(13)23(26)27)17(24)20-21-18(25)12-4-1-2-5-14(12)22-31(28,29)16-6-3-9-30-16/h1-10,22H,19H2,(H,20,24)(H,21,25). The lowest BCUT2D eigenvalue weighted by Crippen LogP contribution is -2.42. The van der Waals surface area contributed by atoms with Crippen LogP contribution in [0.3, 0.4) is 0 Å². The first kappa shape index (κ1) is 21.7. The third kappa shape index (κ3) is 4.96. The highest BCUT2D eigenvalue weighted by Gasteiger charge is 2.20. The van der Waals surface area contributed by atoms with Crippen LogP contribution in [0.5, 0.6) is 0 Å². The van der Waals surface area contributed by atoms with Crippen molar-refractivity contribution in [1.29, 1.82) is 0 Å². The summed E-state index contributed by atoms with van der Waals surface area (Å²) < 4.78 is 27.3. The summed E-state index contributed by atoms with van der Waals surface area (Å²) in [5.41, 5.74) is 9.05. The molecule has 1 heterocycles. The molecule has 11 nitrogen and oxygen atoms in total. The van der Waals surface area contributed by atoms with Crippen molar-refractivity contribution in [2.75, 3.05) is 10.5 Å². The molecule has 2 aromatic carbocycles. The summed E-state index contributed by atoms with van der Waals surface area (Å²) in [5, 5.41) is 12.6. The van der Waals surface area contributed by atoms with Crippen molar-refractivity contribution in [3.05, 3.63) is 81.2 Å². The Bertz CT molecular complexity index is 1260. The van der Waals surface area contributed by atoms with E-state index in [1.165, 1.54) is 42.5 Å². The summed E-state index contributed by atoms with van der Waals surface area (Å²) in [6.45, 7) is 0. The fourth-order valence-electron chi connectivity index (χ4n) is 2.48. The van der Waals surface area contributed by atoms with Gasteiger partial charge >= 0.3 is 0 Å². The first-order valence-corrected chi connectivity index (χ1v) is 10.9. The molecular weight excluding hydrogens is 446 g/mol. The fourth-order valence-corrected chi connectivity index (χ4v) is 4.55. The van der Waals surface area contributed by atoms with Gasteiger partial charge in [-0.2, -0.15) is 0 Å². The number of para-hydroxylation sites is 1. The molecule has 0 spiro atoms. The molecule has 13 heteroatoms. The Morgan fingerprint density at radius 2 is 1.71 bits per heavy atom. The maximum absolute atomic E-state index is 12.5. The van der Waals surface area contributed by atoms with Crippen LogP contribution in [0, 0.1) is 10.1 Å². The van der Waals surface area contributed by atoms with Gasteiger partial charge in [-0.15, -0.1) is 11.3 Å². The molecule has 31 heavy (non-hydrogen) atoms. The molecule has 0 aliphatic carbocycles. The monoisotopic (exact) mass is 461 g/mol. The first-order valence-electron chi connectivity index (χ1n) is 8.49. The summed E-state index contributed by atoms with van der Waals surface area (Å²) in [7, 11) is -3.89. The molecule has 0 bridgehead atoms. The van der Waals surface area contributed by atoms with Crippen molar-refractivity contribution < 1.29 is 22.9 Å². The SMILES string of the molecule is Nc1ccc(C(=O)NNC(=O)c2ccccc2NS(=O)(=O)c2cccs2)cc1[N+](=O)[O-]. The van der Waals surface area contributed by atoms with Crippen LogP contribution in [0.15, 0.2) is 64.2 Å². The molecule has 0 saturated carbocycles. The van der Waals surface area contributed by atoms with Crippen molar-refractivity contribution in [2.24, 2.45) is 0 Å².